The van der Waals surface area contributed by atoms with Crippen LogP contribution in [0.3, 0.4) is 0 Å². The number of aliphatic hydroxyl groups excluding tert-OH is 1. The zero-order valence-electron chi connectivity index (χ0n) is 11.8. The van der Waals surface area contributed by atoms with Crippen LogP contribution in [-0.4, -0.2) is 12.2 Å². The van der Waals surface area contributed by atoms with Crippen molar-refractivity contribution in [2.75, 3.05) is 7.11 Å². The van der Waals surface area contributed by atoms with Crippen LogP contribution >= 0.6 is 0 Å². The Labute approximate surface area is 120 Å². The highest BCUT2D eigenvalue weighted by molar-refractivity contribution is 5.37. The van der Waals surface area contributed by atoms with E-state index < -0.39 is 6.10 Å². The molecule has 0 heterocycles. The van der Waals surface area contributed by atoms with Gasteiger partial charge in [0.1, 0.15) is 5.75 Å². The highest BCUT2D eigenvalue weighted by Crippen LogP contribution is 2.27. The molecule has 0 radical (unpaired) electrons. The topological polar surface area (TPSA) is 29.5 Å². The van der Waals surface area contributed by atoms with E-state index in [0.717, 1.165) is 23.3 Å². The van der Waals surface area contributed by atoms with Crippen LogP contribution in [0.1, 0.15) is 34.8 Å². The molecule has 1 aliphatic rings. The fraction of sp³-hybridized carbons (Fsp3) is 0.333. The second kappa shape index (κ2) is 5.68. The maximum absolute atomic E-state index is 10.4. The highest BCUT2D eigenvalue weighted by Gasteiger charge is 2.14. The predicted molar refractivity (Wildman–Crippen MR) is 80.1 cm³/mol. The lowest BCUT2D eigenvalue weighted by Crippen LogP contribution is -2.02. The van der Waals surface area contributed by atoms with E-state index >= 15 is 0 Å². The number of aryl methyl sites for hydroxylation is 2. The van der Waals surface area contributed by atoms with Crippen LogP contribution in [0.25, 0.3) is 0 Å². The Balaban J connectivity index is 1.73. The zero-order chi connectivity index (χ0) is 13.9. The van der Waals surface area contributed by atoms with Gasteiger partial charge < -0.3 is 9.84 Å². The van der Waals surface area contributed by atoms with Gasteiger partial charge in [-0.15, -0.1) is 0 Å². The number of benzene rings is 2. The van der Waals surface area contributed by atoms with Gasteiger partial charge in [0, 0.05) is 6.42 Å². The van der Waals surface area contributed by atoms with Crippen molar-refractivity contribution in [2.24, 2.45) is 0 Å². The molecule has 1 atom stereocenters. The second-order valence-electron chi connectivity index (χ2n) is 5.45. The van der Waals surface area contributed by atoms with Crippen LogP contribution in [0.5, 0.6) is 5.75 Å². The normalized spacial score (nSPS) is 14.9. The maximum Gasteiger partial charge on any atom is 0.118 e. The van der Waals surface area contributed by atoms with E-state index in [2.05, 4.69) is 18.2 Å². The summed E-state index contributed by atoms with van der Waals surface area (Å²) in [6.45, 7) is 0. The number of rotatable bonds is 4. The monoisotopic (exact) mass is 268 g/mol. The molecule has 2 aromatic rings. The first-order chi connectivity index (χ1) is 9.76. The van der Waals surface area contributed by atoms with Gasteiger partial charge in [-0.1, -0.05) is 30.3 Å². The summed E-state index contributed by atoms with van der Waals surface area (Å²) in [5.74, 6) is 0.848. The summed E-state index contributed by atoms with van der Waals surface area (Å²) < 4.78 is 5.15. The molecule has 0 fully saturated rings. The van der Waals surface area contributed by atoms with E-state index in [0.29, 0.717) is 6.42 Å². The SMILES string of the molecule is COc1ccc(CC(O)c2ccc3c(c2)CCC3)cc1. The molecule has 1 aliphatic carbocycles. The quantitative estimate of drug-likeness (QED) is 0.920. The summed E-state index contributed by atoms with van der Waals surface area (Å²) in [5, 5.41) is 10.4. The summed E-state index contributed by atoms with van der Waals surface area (Å²) in [7, 11) is 1.66. The molecule has 104 valence electrons. The predicted octanol–water partition coefficient (Wildman–Crippen LogP) is 3.46. The Morgan fingerprint density at radius 3 is 2.55 bits per heavy atom. The van der Waals surface area contributed by atoms with E-state index in [1.807, 2.05) is 24.3 Å². The molecule has 3 rings (SSSR count). The molecule has 0 aliphatic heterocycles. The molecule has 2 heteroatoms. The van der Waals surface area contributed by atoms with Crippen LogP contribution < -0.4 is 4.74 Å². The highest BCUT2D eigenvalue weighted by atomic mass is 16.5. The number of ether oxygens (including phenoxy) is 1. The third-order valence-electron chi connectivity index (χ3n) is 4.10. The van der Waals surface area contributed by atoms with Crippen LogP contribution in [0.4, 0.5) is 0 Å². The lowest BCUT2D eigenvalue weighted by molar-refractivity contribution is 0.178. The third kappa shape index (κ3) is 2.70. The molecule has 0 spiro atoms. The van der Waals surface area contributed by atoms with Crippen molar-refractivity contribution in [3.8, 4) is 5.75 Å². The molecule has 2 nitrogen and oxygen atoms in total. The first-order valence-corrected chi connectivity index (χ1v) is 7.19. The van der Waals surface area contributed by atoms with E-state index in [-0.39, 0.29) is 0 Å². The molecule has 0 amide bonds. The lowest BCUT2D eigenvalue weighted by atomic mass is 9.98. The summed E-state index contributed by atoms with van der Waals surface area (Å²) in [5.41, 5.74) is 5.02. The molecule has 2 aromatic carbocycles. The lowest BCUT2D eigenvalue weighted by Gasteiger charge is -2.13. The summed E-state index contributed by atoms with van der Waals surface area (Å²) in [4.78, 5) is 0. The number of hydrogen-bond acceptors (Lipinski definition) is 2. The number of hydrogen-bond donors (Lipinski definition) is 1. The fourth-order valence-electron chi connectivity index (χ4n) is 2.90. The van der Waals surface area contributed by atoms with Crippen molar-refractivity contribution in [1.29, 1.82) is 0 Å². The van der Waals surface area contributed by atoms with Crippen molar-refractivity contribution in [3.63, 3.8) is 0 Å². The molecule has 20 heavy (non-hydrogen) atoms. The second-order valence-corrected chi connectivity index (χ2v) is 5.45. The Hall–Kier alpha value is -1.80. The van der Waals surface area contributed by atoms with Gasteiger partial charge in [0.25, 0.3) is 0 Å². The molecular formula is C18H20O2. The van der Waals surface area contributed by atoms with Crippen LogP contribution in [-0.2, 0) is 19.3 Å². The Morgan fingerprint density at radius 1 is 1.05 bits per heavy atom. The van der Waals surface area contributed by atoms with Gasteiger partial charge >= 0.3 is 0 Å². The van der Waals surface area contributed by atoms with Crippen LogP contribution in [0.15, 0.2) is 42.5 Å². The molecule has 0 bridgehead atoms. The largest absolute Gasteiger partial charge is 0.497 e. The number of methoxy groups -OCH3 is 1. The minimum Gasteiger partial charge on any atom is -0.497 e. The molecule has 1 unspecified atom stereocenters. The van der Waals surface area contributed by atoms with Crippen molar-refractivity contribution >= 4 is 0 Å². The van der Waals surface area contributed by atoms with Gasteiger partial charge in [0.2, 0.25) is 0 Å². The van der Waals surface area contributed by atoms with Gasteiger partial charge in [0.05, 0.1) is 13.2 Å². The first kappa shape index (κ1) is 13.2. The Kier molecular flexibility index (Phi) is 3.75. The van der Waals surface area contributed by atoms with Gasteiger partial charge in [-0.3, -0.25) is 0 Å². The standard InChI is InChI=1S/C18H20O2/c1-20-17-9-5-13(6-10-17)11-18(19)16-8-7-14-3-2-4-15(14)12-16/h5-10,12,18-19H,2-4,11H2,1H3. The van der Waals surface area contributed by atoms with Gasteiger partial charge in [0.15, 0.2) is 0 Å². The number of fused-ring (bicyclic) bond motifs is 1. The first-order valence-electron chi connectivity index (χ1n) is 7.19. The minimum absolute atomic E-state index is 0.436. The molecule has 0 saturated heterocycles. The van der Waals surface area contributed by atoms with Crippen molar-refractivity contribution < 1.29 is 9.84 Å². The van der Waals surface area contributed by atoms with Crippen LogP contribution in [0.2, 0.25) is 0 Å². The van der Waals surface area contributed by atoms with Gasteiger partial charge in [-0.25, -0.2) is 0 Å². The van der Waals surface area contributed by atoms with Crippen molar-refractivity contribution in [1.82, 2.24) is 0 Å². The smallest absolute Gasteiger partial charge is 0.118 e. The maximum atomic E-state index is 10.4. The zero-order valence-corrected chi connectivity index (χ0v) is 11.8. The Bertz CT molecular complexity index is 587. The molecule has 0 aromatic heterocycles. The van der Waals surface area contributed by atoms with E-state index in [9.17, 15) is 5.11 Å². The van der Waals surface area contributed by atoms with E-state index in [4.69, 9.17) is 4.74 Å². The van der Waals surface area contributed by atoms with Gasteiger partial charge in [-0.05, 0) is 53.6 Å². The van der Waals surface area contributed by atoms with Crippen LogP contribution in [0, 0.1) is 0 Å². The van der Waals surface area contributed by atoms with E-state index in [1.165, 1.54) is 24.0 Å². The summed E-state index contributed by atoms with van der Waals surface area (Å²) >= 11 is 0. The number of aliphatic hydroxyl groups is 1. The van der Waals surface area contributed by atoms with Crippen molar-refractivity contribution in [2.45, 2.75) is 31.8 Å². The van der Waals surface area contributed by atoms with E-state index in [1.54, 1.807) is 7.11 Å². The Morgan fingerprint density at radius 2 is 1.80 bits per heavy atom. The molecular weight excluding hydrogens is 248 g/mol. The van der Waals surface area contributed by atoms with Crippen molar-refractivity contribution in [3.05, 3.63) is 64.7 Å². The fourth-order valence-corrected chi connectivity index (χ4v) is 2.90. The average Bonchev–Trinajstić information content (AvgIpc) is 2.95. The molecule has 1 N–H and O–H groups in total. The third-order valence-corrected chi connectivity index (χ3v) is 4.10. The minimum atomic E-state index is -0.436. The average molecular weight is 268 g/mol. The molecule has 0 saturated carbocycles. The summed E-state index contributed by atoms with van der Waals surface area (Å²) in [6.07, 6.45) is 3.79. The summed E-state index contributed by atoms with van der Waals surface area (Å²) in [6, 6.07) is 14.3. The van der Waals surface area contributed by atoms with Gasteiger partial charge in [-0.2, -0.15) is 0 Å².